The summed E-state index contributed by atoms with van der Waals surface area (Å²) in [7, 11) is 0. The van der Waals surface area contributed by atoms with E-state index in [1.807, 2.05) is 12.1 Å². The molecule has 0 saturated carbocycles. The molecule has 0 aliphatic heterocycles. The fourth-order valence-electron chi connectivity index (χ4n) is 10.2. The largest absolute Gasteiger partial charge is 0.456 e. The van der Waals surface area contributed by atoms with E-state index in [1.165, 1.54) is 84.0 Å². The minimum absolute atomic E-state index is 0.106. The summed E-state index contributed by atoms with van der Waals surface area (Å²) >= 11 is 0. The van der Waals surface area contributed by atoms with Crippen molar-refractivity contribution in [3.05, 3.63) is 169 Å². The van der Waals surface area contributed by atoms with Gasteiger partial charge in [-0.1, -0.05) is 113 Å². The zero-order valence-corrected chi connectivity index (χ0v) is 32.7. The molecular formula is C54H42N2O. The lowest BCUT2D eigenvalue weighted by Gasteiger charge is -2.42. The Bertz CT molecular complexity index is 3440. The van der Waals surface area contributed by atoms with Crippen molar-refractivity contribution in [2.45, 2.75) is 51.4 Å². The number of para-hydroxylation sites is 2. The van der Waals surface area contributed by atoms with Gasteiger partial charge >= 0.3 is 0 Å². The first-order valence-electron chi connectivity index (χ1n) is 20.3. The average Bonchev–Trinajstić information content (AvgIpc) is 3.88. The van der Waals surface area contributed by atoms with Crippen LogP contribution in [-0.4, -0.2) is 9.13 Å². The molecule has 11 aromatic rings. The highest BCUT2D eigenvalue weighted by Gasteiger charge is 2.38. The molecular weight excluding hydrogens is 693 g/mol. The van der Waals surface area contributed by atoms with Crippen molar-refractivity contribution in [3.63, 3.8) is 0 Å². The topological polar surface area (TPSA) is 23.0 Å². The van der Waals surface area contributed by atoms with Crippen molar-refractivity contribution in [2.75, 3.05) is 0 Å². The third-order valence-corrected chi connectivity index (χ3v) is 13.4. The minimum atomic E-state index is 0.106. The summed E-state index contributed by atoms with van der Waals surface area (Å²) < 4.78 is 11.3. The predicted octanol–water partition coefficient (Wildman–Crippen LogP) is 14.9. The van der Waals surface area contributed by atoms with Gasteiger partial charge in [-0.3, -0.25) is 0 Å². The summed E-state index contributed by atoms with van der Waals surface area (Å²) in [6, 6.07) is 58.4. The Balaban J connectivity index is 1.14. The number of hydrogen-bond donors (Lipinski definition) is 0. The molecule has 0 radical (unpaired) electrons. The van der Waals surface area contributed by atoms with Gasteiger partial charge in [-0.25, -0.2) is 0 Å². The van der Waals surface area contributed by atoms with Crippen LogP contribution < -0.4 is 0 Å². The number of furan rings is 1. The van der Waals surface area contributed by atoms with Gasteiger partial charge in [-0.2, -0.15) is 0 Å². The van der Waals surface area contributed by atoms with Gasteiger partial charge in [-0.05, 0) is 129 Å². The van der Waals surface area contributed by atoms with E-state index in [0.29, 0.717) is 0 Å². The van der Waals surface area contributed by atoms with E-state index in [4.69, 9.17) is 4.42 Å². The summed E-state index contributed by atoms with van der Waals surface area (Å²) in [4.78, 5) is 0. The monoisotopic (exact) mass is 734 g/mol. The smallest absolute Gasteiger partial charge is 0.136 e. The third-order valence-electron chi connectivity index (χ3n) is 13.4. The van der Waals surface area contributed by atoms with Crippen molar-refractivity contribution in [2.24, 2.45) is 0 Å². The molecule has 3 aromatic heterocycles. The van der Waals surface area contributed by atoms with Gasteiger partial charge in [0, 0.05) is 43.7 Å². The molecule has 12 rings (SSSR count). The quantitative estimate of drug-likeness (QED) is 0.177. The molecule has 57 heavy (non-hydrogen) atoms. The fourth-order valence-corrected chi connectivity index (χ4v) is 10.2. The van der Waals surface area contributed by atoms with Crippen LogP contribution in [0.5, 0.6) is 0 Å². The molecule has 0 saturated heterocycles. The van der Waals surface area contributed by atoms with Crippen molar-refractivity contribution < 1.29 is 4.42 Å². The summed E-state index contributed by atoms with van der Waals surface area (Å²) in [6.07, 6.45) is 2.37. The Morgan fingerprint density at radius 2 is 0.982 bits per heavy atom. The Morgan fingerprint density at radius 3 is 1.79 bits per heavy atom. The second kappa shape index (κ2) is 11.5. The molecule has 3 heteroatoms. The molecule has 0 unspecified atom stereocenters. The third kappa shape index (κ3) is 4.66. The van der Waals surface area contributed by atoms with Gasteiger partial charge in [0.05, 0.1) is 22.1 Å². The average molecular weight is 735 g/mol. The lowest BCUT2D eigenvalue weighted by atomic mass is 9.63. The van der Waals surface area contributed by atoms with E-state index in [9.17, 15) is 0 Å². The number of nitrogens with zero attached hydrogens (tertiary/aromatic N) is 2. The normalized spacial score (nSPS) is 15.2. The second-order valence-electron chi connectivity index (χ2n) is 17.6. The maximum atomic E-state index is 6.27. The molecule has 1 aliphatic carbocycles. The Morgan fingerprint density at radius 1 is 0.404 bits per heavy atom. The van der Waals surface area contributed by atoms with Crippen LogP contribution in [0.3, 0.4) is 0 Å². The molecule has 0 amide bonds. The van der Waals surface area contributed by atoms with Gasteiger partial charge in [-0.15, -0.1) is 0 Å². The minimum Gasteiger partial charge on any atom is -0.456 e. The van der Waals surface area contributed by atoms with Crippen LogP contribution in [0.25, 0.3) is 98.8 Å². The van der Waals surface area contributed by atoms with Crippen LogP contribution in [0.4, 0.5) is 0 Å². The molecule has 0 bridgehead atoms. The van der Waals surface area contributed by atoms with Crippen LogP contribution in [-0.2, 0) is 10.8 Å². The van der Waals surface area contributed by atoms with E-state index in [-0.39, 0.29) is 10.8 Å². The number of fused-ring (bicyclic) bond motifs is 12. The van der Waals surface area contributed by atoms with Gasteiger partial charge < -0.3 is 13.6 Å². The summed E-state index contributed by atoms with van der Waals surface area (Å²) in [6.45, 7) is 9.73. The van der Waals surface area contributed by atoms with Crippen LogP contribution in [0.1, 0.15) is 51.7 Å². The van der Waals surface area contributed by atoms with E-state index >= 15 is 0 Å². The summed E-state index contributed by atoms with van der Waals surface area (Å²) in [5.74, 6) is 0. The maximum absolute atomic E-state index is 6.27. The standard InChI is InChI=1S/C54H42N2O/c1-53(2)26-27-54(3,4)45-32-49-41(29-44(45)53)42-30-48-43(31-47(42)56(49)36-13-6-5-7-14-36)52-38-15-9-8-12-34(38)21-25-46(52)55(48)37-22-18-33(19-23-37)35-20-24-40-39-16-10-11-17-50(39)57-51(40)28-35/h5-25,28-32H,26-27H2,1-4H3. The molecule has 0 spiro atoms. The number of rotatable bonds is 3. The SMILES string of the molecule is CC1(C)CCC(C)(C)c2cc3c(cc21)c1cc2c(cc1n3-c1ccccc1)c1c3ccccc3ccc1n2-c1ccc(-c2ccc3c(c2)oc2ccccc23)cc1. The first kappa shape index (κ1) is 32.6. The number of benzene rings is 8. The highest BCUT2D eigenvalue weighted by atomic mass is 16.3. The Hall–Kier alpha value is -6.58. The molecule has 8 aromatic carbocycles. The fraction of sp³-hybridized carbons (Fsp3) is 0.148. The number of hydrogen-bond acceptors (Lipinski definition) is 1. The van der Waals surface area contributed by atoms with Crippen molar-refractivity contribution in [1.29, 1.82) is 0 Å². The van der Waals surface area contributed by atoms with Crippen molar-refractivity contribution >= 4 is 76.3 Å². The van der Waals surface area contributed by atoms with Crippen LogP contribution in [0, 0.1) is 0 Å². The zero-order chi connectivity index (χ0) is 38.2. The van der Waals surface area contributed by atoms with Crippen molar-refractivity contribution in [1.82, 2.24) is 9.13 Å². The summed E-state index contributed by atoms with van der Waals surface area (Å²) in [5.41, 5.74) is 14.6. The molecule has 3 heterocycles. The first-order valence-corrected chi connectivity index (χ1v) is 20.3. The molecule has 3 nitrogen and oxygen atoms in total. The Labute approximate surface area is 331 Å². The van der Waals surface area contributed by atoms with E-state index in [2.05, 4.69) is 182 Å². The predicted molar refractivity (Wildman–Crippen MR) is 241 cm³/mol. The molecule has 0 N–H and O–H groups in total. The van der Waals surface area contributed by atoms with Crippen LogP contribution in [0.15, 0.2) is 162 Å². The molecule has 1 aliphatic rings. The van der Waals surface area contributed by atoms with Gasteiger partial charge in [0.1, 0.15) is 11.2 Å². The van der Waals surface area contributed by atoms with Crippen molar-refractivity contribution in [3.8, 4) is 22.5 Å². The van der Waals surface area contributed by atoms with Gasteiger partial charge in [0.15, 0.2) is 0 Å². The van der Waals surface area contributed by atoms with E-state index in [0.717, 1.165) is 38.8 Å². The maximum Gasteiger partial charge on any atom is 0.136 e. The lowest BCUT2D eigenvalue weighted by Crippen LogP contribution is -2.33. The van der Waals surface area contributed by atoms with Gasteiger partial charge in [0.25, 0.3) is 0 Å². The lowest BCUT2D eigenvalue weighted by molar-refractivity contribution is 0.332. The molecule has 274 valence electrons. The van der Waals surface area contributed by atoms with Gasteiger partial charge in [0.2, 0.25) is 0 Å². The molecule has 0 atom stereocenters. The highest BCUT2D eigenvalue weighted by Crippen LogP contribution is 2.49. The van der Waals surface area contributed by atoms with Crippen LogP contribution >= 0.6 is 0 Å². The summed E-state index contributed by atoms with van der Waals surface area (Å²) in [5, 5.41) is 9.98. The first-order chi connectivity index (χ1) is 27.7. The Kier molecular flexibility index (Phi) is 6.58. The highest BCUT2D eigenvalue weighted by molar-refractivity contribution is 6.25. The molecule has 0 fully saturated rings. The second-order valence-corrected chi connectivity index (χ2v) is 17.6. The van der Waals surface area contributed by atoms with E-state index in [1.54, 1.807) is 0 Å². The zero-order valence-electron chi connectivity index (χ0n) is 32.7. The van der Waals surface area contributed by atoms with Crippen LogP contribution in [0.2, 0.25) is 0 Å². The number of aromatic nitrogens is 2. The van der Waals surface area contributed by atoms with E-state index < -0.39 is 0 Å².